The first-order valence-electron chi connectivity index (χ1n) is 7.18. The van der Waals surface area contributed by atoms with Crippen molar-refractivity contribution in [2.24, 2.45) is 5.92 Å². The minimum Gasteiger partial charge on any atom is -0.478 e. The highest BCUT2D eigenvalue weighted by Crippen LogP contribution is 2.27. The van der Waals surface area contributed by atoms with Gasteiger partial charge < -0.3 is 10.4 Å². The van der Waals surface area contributed by atoms with Gasteiger partial charge >= 0.3 is 5.97 Å². The average molecular weight is 261 g/mol. The van der Waals surface area contributed by atoms with E-state index in [-0.39, 0.29) is 0 Å². The maximum Gasteiger partial charge on any atom is 0.335 e. The lowest BCUT2D eigenvalue weighted by molar-refractivity contribution is 0.0697. The zero-order chi connectivity index (χ0) is 13.8. The molecule has 0 saturated heterocycles. The van der Waals surface area contributed by atoms with E-state index in [1.807, 2.05) is 13.0 Å². The third kappa shape index (κ3) is 3.49. The van der Waals surface area contributed by atoms with Crippen LogP contribution >= 0.6 is 0 Å². The van der Waals surface area contributed by atoms with Gasteiger partial charge in [0.15, 0.2) is 0 Å². The summed E-state index contributed by atoms with van der Waals surface area (Å²) in [5.74, 6) is -0.182. The molecule has 0 spiro atoms. The van der Waals surface area contributed by atoms with E-state index in [9.17, 15) is 4.79 Å². The van der Waals surface area contributed by atoms with Crippen LogP contribution in [0, 0.1) is 12.8 Å². The monoisotopic (exact) mass is 261 g/mol. The van der Waals surface area contributed by atoms with Crippen LogP contribution < -0.4 is 5.32 Å². The number of carboxylic acids is 1. The number of hydrogen-bond donors (Lipinski definition) is 2. The van der Waals surface area contributed by atoms with Gasteiger partial charge in [0, 0.05) is 11.7 Å². The van der Waals surface area contributed by atoms with Crippen molar-refractivity contribution in [2.75, 3.05) is 5.32 Å². The summed E-state index contributed by atoms with van der Waals surface area (Å²) in [6, 6.07) is 5.83. The van der Waals surface area contributed by atoms with Crippen LogP contribution in [0.1, 0.15) is 54.9 Å². The molecule has 1 saturated carbocycles. The lowest BCUT2D eigenvalue weighted by Crippen LogP contribution is -2.26. The van der Waals surface area contributed by atoms with E-state index in [1.165, 1.54) is 32.1 Å². The van der Waals surface area contributed by atoms with Crippen LogP contribution in [0.15, 0.2) is 18.2 Å². The van der Waals surface area contributed by atoms with Gasteiger partial charge in [-0.15, -0.1) is 0 Å². The molecule has 104 valence electrons. The third-order valence-corrected chi connectivity index (χ3v) is 4.18. The van der Waals surface area contributed by atoms with Gasteiger partial charge in [-0.05, 0) is 49.4 Å². The molecular formula is C16H23NO2. The van der Waals surface area contributed by atoms with Gasteiger partial charge in [-0.3, -0.25) is 0 Å². The molecule has 3 nitrogen and oxygen atoms in total. The van der Waals surface area contributed by atoms with Crippen LogP contribution in [0.4, 0.5) is 5.69 Å². The Bertz CT molecular complexity index is 456. The Morgan fingerprint density at radius 3 is 2.68 bits per heavy atom. The van der Waals surface area contributed by atoms with Crippen LogP contribution in [-0.2, 0) is 0 Å². The lowest BCUT2D eigenvalue weighted by atomic mass is 9.96. The van der Waals surface area contributed by atoms with Crippen molar-refractivity contribution in [3.63, 3.8) is 0 Å². The van der Waals surface area contributed by atoms with E-state index in [2.05, 4.69) is 12.2 Å². The molecule has 2 atom stereocenters. The van der Waals surface area contributed by atoms with Gasteiger partial charge in [0.25, 0.3) is 0 Å². The van der Waals surface area contributed by atoms with Gasteiger partial charge in [0.05, 0.1) is 5.56 Å². The number of aromatic carboxylic acids is 1. The number of rotatable bonds is 3. The molecular weight excluding hydrogens is 238 g/mol. The van der Waals surface area contributed by atoms with Crippen LogP contribution in [0.3, 0.4) is 0 Å². The number of nitrogens with one attached hydrogen (secondary N) is 1. The first-order valence-corrected chi connectivity index (χ1v) is 7.18. The van der Waals surface area contributed by atoms with Crippen molar-refractivity contribution in [1.29, 1.82) is 0 Å². The zero-order valence-electron chi connectivity index (χ0n) is 11.8. The highest BCUT2D eigenvalue weighted by molar-refractivity contribution is 5.88. The Morgan fingerprint density at radius 2 is 2.00 bits per heavy atom. The van der Waals surface area contributed by atoms with Gasteiger partial charge in [-0.25, -0.2) is 4.79 Å². The Labute approximate surface area is 115 Å². The number of benzene rings is 1. The highest BCUT2D eigenvalue weighted by atomic mass is 16.4. The van der Waals surface area contributed by atoms with E-state index in [0.717, 1.165) is 11.3 Å². The summed E-state index contributed by atoms with van der Waals surface area (Å²) in [5, 5.41) is 12.6. The van der Waals surface area contributed by atoms with Crippen LogP contribution in [-0.4, -0.2) is 17.1 Å². The summed E-state index contributed by atoms with van der Waals surface area (Å²) >= 11 is 0. The lowest BCUT2D eigenvalue weighted by Gasteiger charge is -2.25. The molecule has 0 heterocycles. The van der Waals surface area contributed by atoms with Crippen molar-refractivity contribution in [3.05, 3.63) is 29.3 Å². The van der Waals surface area contributed by atoms with E-state index in [0.29, 0.717) is 17.5 Å². The maximum atomic E-state index is 10.9. The van der Waals surface area contributed by atoms with Gasteiger partial charge in [0.2, 0.25) is 0 Å². The molecule has 0 radical (unpaired) electrons. The van der Waals surface area contributed by atoms with Crippen LogP contribution in [0.2, 0.25) is 0 Å². The summed E-state index contributed by atoms with van der Waals surface area (Å²) in [6.07, 6.45) is 6.44. The predicted molar refractivity (Wildman–Crippen MR) is 77.8 cm³/mol. The molecule has 0 aromatic heterocycles. The Morgan fingerprint density at radius 1 is 1.26 bits per heavy atom. The first-order chi connectivity index (χ1) is 9.08. The van der Waals surface area contributed by atoms with Crippen molar-refractivity contribution >= 4 is 11.7 Å². The Balaban J connectivity index is 2.11. The molecule has 0 bridgehead atoms. The molecule has 1 aromatic rings. The topological polar surface area (TPSA) is 49.3 Å². The second-order valence-electron chi connectivity index (χ2n) is 5.70. The minimum absolute atomic E-state index is 0.358. The summed E-state index contributed by atoms with van der Waals surface area (Å²) in [4.78, 5) is 10.9. The smallest absolute Gasteiger partial charge is 0.335 e. The van der Waals surface area contributed by atoms with E-state index in [1.54, 1.807) is 12.1 Å². The van der Waals surface area contributed by atoms with Gasteiger partial charge in [-0.1, -0.05) is 26.2 Å². The molecule has 2 unspecified atom stereocenters. The average Bonchev–Trinajstić information content (AvgIpc) is 2.57. The van der Waals surface area contributed by atoms with E-state index >= 15 is 0 Å². The Hall–Kier alpha value is -1.51. The molecule has 2 rings (SSSR count). The molecule has 0 amide bonds. The highest BCUT2D eigenvalue weighted by Gasteiger charge is 2.20. The fourth-order valence-corrected chi connectivity index (χ4v) is 2.87. The second kappa shape index (κ2) is 6.09. The normalized spacial score (nSPS) is 23.7. The third-order valence-electron chi connectivity index (χ3n) is 4.18. The number of aryl methyl sites for hydroxylation is 1. The minimum atomic E-state index is -0.863. The summed E-state index contributed by atoms with van der Waals surface area (Å²) in [5.41, 5.74) is 2.44. The summed E-state index contributed by atoms with van der Waals surface area (Å²) < 4.78 is 0. The number of carboxylic acid groups (broad SMARTS) is 1. The van der Waals surface area contributed by atoms with Crippen LogP contribution in [0.25, 0.3) is 0 Å². The quantitative estimate of drug-likeness (QED) is 0.806. The molecule has 3 heteroatoms. The standard InChI is InChI=1S/C16H23NO2/c1-11-6-4-3-5-7-14(11)17-15-9-8-13(16(18)19)10-12(15)2/h8-11,14,17H,3-7H2,1-2H3,(H,18,19). The maximum absolute atomic E-state index is 10.9. The fraction of sp³-hybridized carbons (Fsp3) is 0.562. The number of anilines is 1. The summed E-state index contributed by atoms with van der Waals surface area (Å²) in [7, 11) is 0. The van der Waals surface area contributed by atoms with Crippen molar-refractivity contribution in [3.8, 4) is 0 Å². The molecule has 1 fully saturated rings. The van der Waals surface area contributed by atoms with Crippen molar-refractivity contribution < 1.29 is 9.90 Å². The largest absolute Gasteiger partial charge is 0.478 e. The number of carbonyl (C=O) groups is 1. The van der Waals surface area contributed by atoms with Gasteiger partial charge in [-0.2, -0.15) is 0 Å². The summed E-state index contributed by atoms with van der Waals surface area (Å²) in [6.45, 7) is 4.28. The Kier molecular flexibility index (Phi) is 4.46. The zero-order valence-corrected chi connectivity index (χ0v) is 11.8. The first kappa shape index (κ1) is 13.9. The molecule has 19 heavy (non-hydrogen) atoms. The van der Waals surface area contributed by atoms with Crippen LogP contribution in [0.5, 0.6) is 0 Å². The predicted octanol–water partition coefficient (Wildman–Crippen LogP) is 4.07. The van der Waals surface area contributed by atoms with Gasteiger partial charge in [0.1, 0.15) is 0 Å². The molecule has 2 N–H and O–H groups in total. The molecule has 0 aliphatic heterocycles. The second-order valence-corrected chi connectivity index (χ2v) is 5.70. The van der Waals surface area contributed by atoms with Crippen molar-refractivity contribution in [2.45, 2.75) is 52.0 Å². The number of hydrogen-bond acceptors (Lipinski definition) is 2. The van der Waals surface area contributed by atoms with Crippen molar-refractivity contribution in [1.82, 2.24) is 0 Å². The molecule has 1 aliphatic rings. The van der Waals surface area contributed by atoms with E-state index < -0.39 is 5.97 Å². The molecule has 1 aromatic carbocycles. The molecule has 1 aliphatic carbocycles. The SMILES string of the molecule is Cc1cc(C(=O)O)ccc1NC1CCCCCC1C. The van der Waals surface area contributed by atoms with E-state index in [4.69, 9.17) is 5.11 Å². The fourth-order valence-electron chi connectivity index (χ4n) is 2.87.